The number of imide groups is 1. The van der Waals surface area contributed by atoms with Gasteiger partial charge in [-0.15, -0.1) is 6.42 Å². The summed E-state index contributed by atoms with van der Waals surface area (Å²) in [4.78, 5) is 33.9. The molecule has 0 aromatic carbocycles. The van der Waals surface area contributed by atoms with Crippen LogP contribution in [0.5, 0.6) is 0 Å². The lowest BCUT2D eigenvalue weighted by molar-refractivity contribution is -0.136. The van der Waals surface area contributed by atoms with Gasteiger partial charge in [0.1, 0.15) is 11.7 Å². The van der Waals surface area contributed by atoms with Gasteiger partial charge >= 0.3 is 0 Å². The van der Waals surface area contributed by atoms with E-state index in [4.69, 9.17) is 6.42 Å². The molecular formula is C10H9N3O3. The zero-order chi connectivity index (χ0) is 11.7. The molecular weight excluding hydrogens is 210 g/mol. The molecule has 0 aliphatic carbocycles. The summed E-state index contributed by atoms with van der Waals surface area (Å²) in [5, 5.41) is 4.82. The van der Waals surface area contributed by atoms with Crippen molar-refractivity contribution in [2.45, 2.75) is 18.9 Å². The molecule has 1 saturated heterocycles. The number of amides is 2. The maximum absolute atomic E-state index is 11.5. The average Bonchev–Trinajstić information content (AvgIpc) is 2.60. The topological polar surface area (TPSA) is 84.0 Å². The Balaban J connectivity index is 2.34. The number of carbonyl (C=O) groups is 2. The van der Waals surface area contributed by atoms with Crippen LogP contribution in [-0.2, 0) is 9.59 Å². The maximum Gasteiger partial charge on any atom is 0.268 e. The van der Waals surface area contributed by atoms with Gasteiger partial charge in [0.2, 0.25) is 5.91 Å². The van der Waals surface area contributed by atoms with Crippen molar-refractivity contribution < 1.29 is 9.59 Å². The van der Waals surface area contributed by atoms with E-state index in [-0.39, 0.29) is 17.9 Å². The molecule has 2 N–H and O–H groups in total. The molecule has 0 bridgehead atoms. The summed E-state index contributed by atoms with van der Waals surface area (Å²) in [7, 11) is 0. The quantitative estimate of drug-likeness (QED) is 0.476. The molecule has 82 valence electrons. The highest BCUT2D eigenvalue weighted by Gasteiger charge is 2.29. The van der Waals surface area contributed by atoms with E-state index in [2.05, 4.69) is 16.3 Å². The van der Waals surface area contributed by atoms with E-state index < -0.39 is 11.9 Å². The second-order valence-electron chi connectivity index (χ2n) is 3.49. The van der Waals surface area contributed by atoms with Gasteiger partial charge in [-0.3, -0.25) is 24.8 Å². The van der Waals surface area contributed by atoms with Crippen LogP contribution in [-0.4, -0.2) is 21.6 Å². The molecule has 2 heterocycles. The normalized spacial score (nSPS) is 20.3. The van der Waals surface area contributed by atoms with Gasteiger partial charge in [0.15, 0.2) is 0 Å². The van der Waals surface area contributed by atoms with Crippen molar-refractivity contribution in [1.82, 2.24) is 15.1 Å². The summed E-state index contributed by atoms with van der Waals surface area (Å²) in [6.07, 6.45) is 5.65. The number of rotatable bonds is 1. The molecule has 0 spiro atoms. The highest BCUT2D eigenvalue weighted by molar-refractivity contribution is 5.99. The first-order chi connectivity index (χ1) is 7.61. The molecule has 1 aliphatic rings. The summed E-state index contributed by atoms with van der Waals surface area (Å²) < 4.78 is 1.15. The summed E-state index contributed by atoms with van der Waals surface area (Å²) in [5.74, 6) is 1.47. The van der Waals surface area contributed by atoms with Crippen molar-refractivity contribution in [2.24, 2.45) is 0 Å². The minimum absolute atomic E-state index is 0.216. The third kappa shape index (κ3) is 1.63. The van der Waals surface area contributed by atoms with Gasteiger partial charge in [-0.2, -0.15) is 0 Å². The van der Waals surface area contributed by atoms with Gasteiger partial charge in [0, 0.05) is 12.5 Å². The molecule has 6 nitrogen and oxygen atoms in total. The van der Waals surface area contributed by atoms with Gasteiger partial charge in [-0.25, -0.2) is 4.68 Å². The highest BCUT2D eigenvalue weighted by atomic mass is 16.2. The Morgan fingerprint density at radius 3 is 2.75 bits per heavy atom. The number of hydrogen-bond acceptors (Lipinski definition) is 3. The van der Waals surface area contributed by atoms with E-state index in [9.17, 15) is 14.4 Å². The molecule has 1 fully saturated rings. The van der Waals surface area contributed by atoms with Crippen LogP contribution in [0.2, 0.25) is 0 Å². The highest BCUT2D eigenvalue weighted by Crippen LogP contribution is 2.15. The van der Waals surface area contributed by atoms with Crippen molar-refractivity contribution in [3.05, 3.63) is 22.1 Å². The molecule has 1 unspecified atom stereocenters. The molecule has 1 aromatic rings. The number of nitrogens with one attached hydrogen (secondary N) is 2. The average molecular weight is 219 g/mol. The smallest absolute Gasteiger partial charge is 0.268 e. The lowest BCUT2D eigenvalue weighted by atomic mass is 10.1. The Morgan fingerprint density at radius 1 is 1.44 bits per heavy atom. The summed E-state index contributed by atoms with van der Waals surface area (Å²) in [6, 6.07) is 0.552. The molecule has 1 atom stereocenters. The Kier molecular flexibility index (Phi) is 2.37. The van der Waals surface area contributed by atoms with E-state index >= 15 is 0 Å². The Morgan fingerprint density at radius 2 is 2.19 bits per heavy atom. The standard InChI is InChI=1S/C10H9N3O3/c1-2-6-5-9(15)13(12-6)7-3-4-8(14)11-10(7)16/h1,5,7,12H,3-4H2,(H,11,14,16). The summed E-state index contributed by atoms with van der Waals surface area (Å²) in [5.41, 5.74) is -0.0582. The molecule has 1 aromatic heterocycles. The van der Waals surface area contributed by atoms with Crippen molar-refractivity contribution in [3.8, 4) is 12.3 Å². The number of piperidine rings is 1. The fourth-order valence-corrected chi connectivity index (χ4v) is 1.64. The van der Waals surface area contributed by atoms with Crippen LogP contribution in [0.3, 0.4) is 0 Å². The number of hydrogen-bond donors (Lipinski definition) is 2. The number of terminal acetylenes is 1. The lowest BCUT2D eigenvalue weighted by Gasteiger charge is -2.20. The second kappa shape index (κ2) is 3.70. The number of carbonyl (C=O) groups excluding carboxylic acids is 2. The monoisotopic (exact) mass is 219 g/mol. The van der Waals surface area contributed by atoms with Crippen molar-refractivity contribution in [1.29, 1.82) is 0 Å². The Bertz CT molecular complexity index is 546. The third-order valence-electron chi connectivity index (χ3n) is 2.42. The van der Waals surface area contributed by atoms with Crippen molar-refractivity contribution >= 4 is 11.8 Å². The van der Waals surface area contributed by atoms with E-state index in [1.807, 2.05) is 0 Å². The first-order valence-corrected chi connectivity index (χ1v) is 4.73. The first-order valence-electron chi connectivity index (χ1n) is 4.73. The van der Waals surface area contributed by atoms with Crippen LogP contribution < -0.4 is 10.9 Å². The number of H-pyrrole nitrogens is 1. The second-order valence-corrected chi connectivity index (χ2v) is 3.49. The van der Waals surface area contributed by atoms with Crippen LogP contribution in [0.1, 0.15) is 24.6 Å². The number of nitrogens with zero attached hydrogens (tertiary/aromatic N) is 1. The van der Waals surface area contributed by atoms with Gasteiger partial charge in [0.25, 0.3) is 11.5 Å². The fraction of sp³-hybridized carbons (Fsp3) is 0.300. The van der Waals surface area contributed by atoms with Crippen LogP contribution in [0.15, 0.2) is 10.9 Å². The van der Waals surface area contributed by atoms with E-state index in [0.29, 0.717) is 12.1 Å². The van der Waals surface area contributed by atoms with Gasteiger partial charge in [-0.1, -0.05) is 5.92 Å². The molecule has 0 radical (unpaired) electrons. The largest absolute Gasteiger partial charge is 0.295 e. The van der Waals surface area contributed by atoms with Crippen LogP contribution in [0, 0.1) is 12.3 Å². The summed E-state index contributed by atoms with van der Waals surface area (Å²) >= 11 is 0. The predicted molar refractivity (Wildman–Crippen MR) is 54.4 cm³/mol. The fourth-order valence-electron chi connectivity index (χ4n) is 1.64. The first kappa shape index (κ1) is 10.2. The zero-order valence-corrected chi connectivity index (χ0v) is 8.32. The third-order valence-corrected chi connectivity index (χ3v) is 2.42. The molecule has 16 heavy (non-hydrogen) atoms. The van der Waals surface area contributed by atoms with Gasteiger partial charge in [-0.05, 0) is 6.42 Å². The molecule has 6 heteroatoms. The minimum atomic E-state index is -0.688. The Labute approximate surface area is 90.6 Å². The predicted octanol–water partition coefficient (Wildman–Crippen LogP) is -0.865. The molecule has 2 amide bonds. The SMILES string of the molecule is C#Cc1cc(=O)n(C2CCC(=O)NC2=O)[nH]1. The van der Waals surface area contributed by atoms with E-state index in [1.54, 1.807) is 0 Å². The van der Waals surface area contributed by atoms with Crippen LogP contribution in [0.4, 0.5) is 0 Å². The van der Waals surface area contributed by atoms with Gasteiger partial charge < -0.3 is 0 Å². The van der Waals surface area contributed by atoms with Gasteiger partial charge in [0.05, 0.1) is 0 Å². The minimum Gasteiger partial charge on any atom is -0.295 e. The van der Waals surface area contributed by atoms with Crippen LogP contribution in [0.25, 0.3) is 0 Å². The van der Waals surface area contributed by atoms with Crippen LogP contribution >= 0.6 is 0 Å². The molecule has 1 aliphatic heterocycles. The number of aromatic nitrogens is 2. The zero-order valence-electron chi connectivity index (χ0n) is 8.32. The molecule has 0 saturated carbocycles. The molecule has 2 rings (SSSR count). The summed E-state index contributed by atoms with van der Waals surface area (Å²) in [6.45, 7) is 0. The van der Waals surface area contributed by atoms with E-state index in [1.165, 1.54) is 6.07 Å². The Hall–Kier alpha value is -2.29. The van der Waals surface area contributed by atoms with Crippen molar-refractivity contribution in [2.75, 3.05) is 0 Å². The lowest BCUT2D eigenvalue weighted by Crippen LogP contribution is -2.44. The van der Waals surface area contributed by atoms with E-state index in [0.717, 1.165) is 4.68 Å². The van der Waals surface area contributed by atoms with Crippen molar-refractivity contribution in [3.63, 3.8) is 0 Å². The maximum atomic E-state index is 11.5. The number of aromatic amines is 1.